The van der Waals surface area contributed by atoms with Crippen LogP contribution in [0.15, 0.2) is 60.7 Å². The van der Waals surface area contributed by atoms with E-state index in [1.165, 1.54) is 31.2 Å². The molecule has 0 aromatic heterocycles. The summed E-state index contributed by atoms with van der Waals surface area (Å²) in [4.78, 5) is 112. The van der Waals surface area contributed by atoms with E-state index in [1.807, 2.05) is 45.1 Å². The molecule has 14 rings (SSSR count). The smallest absolute Gasteiger partial charge is 0.454 e. The highest BCUT2D eigenvalue weighted by molar-refractivity contribution is 7.51. The molecule has 8 aliphatic heterocycles. The number of hydrogen-bond donors (Lipinski definition) is 2. The molecule has 6 aromatic carbocycles. The van der Waals surface area contributed by atoms with Gasteiger partial charge in [-0.25, -0.2) is 16.2 Å². The zero-order chi connectivity index (χ0) is 91.9. The van der Waals surface area contributed by atoms with Gasteiger partial charge in [0, 0.05) is 132 Å². The zero-order valence-electron chi connectivity index (χ0n) is 72.4. The maximum Gasteiger partial charge on any atom is 0.548 e. The minimum Gasteiger partial charge on any atom is -0.454 e. The average Bonchev–Trinajstić information content (AvgIpc) is 1.59. The van der Waals surface area contributed by atoms with E-state index in [4.69, 9.17) is 71.8 Å². The molecule has 0 saturated heterocycles. The summed E-state index contributed by atoms with van der Waals surface area (Å²) in [5, 5.41) is 3.93. The van der Waals surface area contributed by atoms with Gasteiger partial charge in [-0.1, -0.05) is 23.2 Å². The van der Waals surface area contributed by atoms with Crippen molar-refractivity contribution in [3.05, 3.63) is 160 Å². The monoisotopic (exact) mass is 1860 g/mol. The van der Waals surface area contributed by atoms with Crippen LogP contribution in [0.25, 0.3) is 4.85 Å². The van der Waals surface area contributed by atoms with Gasteiger partial charge in [0.15, 0.2) is 34.2 Å². The molecule has 36 heteroatoms. The van der Waals surface area contributed by atoms with Gasteiger partial charge < -0.3 is 63.0 Å². The number of ether oxygens (including phenoxy) is 6. The van der Waals surface area contributed by atoms with Crippen molar-refractivity contribution >= 4 is 117 Å². The lowest BCUT2D eigenvalue weighted by atomic mass is 9.74. The van der Waals surface area contributed by atoms with E-state index in [-0.39, 0.29) is 175 Å². The summed E-state index contributed by atoms with van der Waals surface area (Å²) in [6.07, 6.45) is -2.62. The number of carbonyl (C=O) groups excluding carboxylic acids is 8. The van der Waals surface area contributed by atoms with Crippen LogP contribution in [0.2, 0.25) is 10.0 Å². The van der Waals surface area contributed by atoms with Crippen LogP contribution >= 0.6 is 47.6 Å². The number of alkyl halides is 6. The lowest BCUT2D eigenvalue weighted by Gasteiger charge is -2.43. The predicted molar refractivity (Wildman–Crippen MR) is 464 cm³/mol. The van der Waals surface area contributed by atoms with E-state index in [9.17, 15) is 73.8 Å². The first-order valence-corrected chi connectivity index (χ1v) is 47.1. The Morgan fingerprint density at radius 2 is 0.969 bits per heavy atom. The van der Waals surface area contributed by atoms with Crippen LogP contribution in [0, 0.1) is 17.4 Å². The van der Waals surface area contributed by atoms with Crippen molar-refractivity contribution in [2.45, 2.75) is 215 Å². The fourth-order valence-corrected chi connectivity index (χ4v) is 21.9. The Kier molecular flexibility index (Phi) is 28.9. The van der Waals surface area contributed by atoms with Gasteiger partial charge in [-0.15, -0.1) is 9.05 Å². The number of fused-ring (bicyclic) bond motifs is 14. The van der Waals surface area contributed by atoms with Crippen LogP contribution in [0.3, 0.4) is 0 Å². The number of Topliss-reactive ketones (excluding diaryl/α,β-unsaturated/α-hetero) is 2. The Morgan fingerprint density at radius 1 is 0.567 bits per heavy atom. The molecule has 678 valence electrons. The van der Waals surface area contributed by atoms with Crippen molar-refractivity contribution in [1.82, 2.24) is 15.3 Å². The number of amides is 2. The van der Waals surface area contributed by atoms with Gasteiger partial charge in [-0.2, -0.15) is 26.3 Å². The van der Waals surface area contributed by atoms with Crippen LogP contribution < -0.4 is 50.0 Å². The number of anilines is 2. The van der Waals surface area contributed by atoms with E-state index in [2.05, 4.69) is 19.3 Å². The van der Waals surface area contributed by atoms with Crippen molar-refractivity contribution in [3.8, 4) is 34.5 Å². The molecule has 8 heterocycles. The van der Waals surface area contributed by atoms with E-state index < -0.39 is 94.4 Å². The molecule has 0 radical (unpaired) electrons. The van der Waals surface area contributed by atoms with Crippen molar-refractivity contribution in [2.24, 2.45) is 10.8 Å². The summed E-state index contributed by atoms with van der Waals surface area (Å²) in [5.41, 5.74) is 4.40. The van der Waals surface area contributed by atoms with Crippen LogP contribution in [-0.2, 0) is 111 Å². The highest BCUT2D eigenvalue weighted by Crippen LogP contribution is 2.65. The summed E-state index contributed by atoms with van der Waals surface area (Å²) < 4.78 is 162. The largest absolute Gasteiger partial charge is 0.548 e. The van der Waals surface area contributed by atoms with Gasteiger partial charge in [0.25, 0.3) is 0 Å². The molecule has 25 nitrogen and oxygen atoms in total. The molecule has 8 aliphatic rings. The molecule has 5 unspecified atom stereocenters. The number of aryl methyl sites for hydroxylation is 4. The topological polar surface area (TPSA) is 292 Å². The number of benzene rings is 6. The number of esters is 4. The number of carbonyl (C=O) groups is 8. The summed E-state index contributed by atoms with van der Waals surface area (Å²) in [6.45, 7) is 30.2. The number of unbranched alkanes of at least 4 members (excludes halogenated alkanes) is 2. The van der Waals surface area contributed by atoms with Gasteiger partial charge in [-0.05, 0) is 246 Å². The molecule has 2 amide bonds. The number of nitrogens with one attached hydrogen (secondary N) is 2. The van der Waals surface area contributed by atoms with E-state index in [0.717, 1.165) is 98.3 Å². The molecule has 0 fully saturated rings. The third kappa shape index (κ3) is 19.7. The average molecular weight is 1860 g/mol. The normalized spacial score (nSPS) is 17.8. The Balaban J connectivity index is 0.000000222. The quantitative estimate of drug-likeness (QED) is 0.0106. The summed E-state index contributed by atoms with van der Waals surface area (Å²) in [5.74, 6) is -5.68. The van der Waals surface area contributed by atoms with Crippen molar-refractivity contribution in [1.29, 1.82) is 0 Å². The highest BCUT2D eigenvalue weighted by Gasteiger charge is 2.60. The first kappa shape index (κ1) is 95.4. The first-order valence-electron chi connectivity index (χ1n) is 42.6. The third-order valence-corrected chi connectivity index (χ3v) is 28.7. The lowest BCUT2D eigenvalue weighted by molar-refractivity contribution is -0.173. The van der Waals surface area contributed by atoms with E-state index in [1.54, 1.807) is 71.1 Å². The van der Waals surface area contributed by atoms with Crippen molar-refractivity contribution in [2.75, 3.05) is 81.6 Å². The number of rotatable bonds is 30. The summed E-state index contributed by atoms with van der Waals surface area (Å²) >= 11 is 14.7. The van der Waals surface area contributed by atoms with E-state index >= 15 is 0 Å². The summed E-state index contributed by atoms with van der Waals surface area (Å²) in [6, 6.07) is 16.7. The molecule has 5 atom stereocenters. The second-order valence-electron chi connectivity index (χ2n) is 35.2. The minimum atomic E-state index is -5.00. The maximum absolute atomic E-state index is 14.3. The van der Waals surface area contributed by atoms with Crippen molar-refractivity contribution in [3.63, 3.8) is 0 Å². The number of hydrogen-bond acceptors (Lipinski definition) is 22. The summed E-state index contributed by atoms with van der Waals surface area (Å²) in [7, 11) is -6.54. The van der Waals surface area contributed by atoms with Gasteiger partial charge in [0.05, 0.1) is 28.1 Å². The fraction of sp³-hybridized carbons (Fsp3) is 0.505. The van der Waals surface area contributed by atoms with Crippen LogP contribution in [0.4, 0.5) is 37.7 Å². The second kappa shape index (κ2) is 38.5. The molecule has 2 spiro atoms. The molecule has 6 aromatic rings. The predicted octanol–water partition coefficient (Wildman–Crippen LogP) is 18.2. The number of ketones is 2. The highest BCUT2D eigenvalue weighted by atomic mass is 35.5. The Labute approximate surface area is 745 Å². The first-order chi connectivity index (χ1) is 60.0. The van der Waals surface area contributed by atoms with Gasteiger partial charge in [-0.3, -0.25) is 28.6 Å². The Morgan fingerprint density at radius 3 is 1.35 bits per heavy atom. The standard InChI is InChI=1S/C50H58ClF3N4O10P2.C41H41ClF3N2O9P/c1-29(2)58(30(3)4)69(64-24-20-55-8)28-33(59)16-15-32-26-39-44(40(51)42(32)67-47(62)48(5,6)7)66-43-36-14-12-22-57-21-11-13-31(41(36)57)25-38(43)49(39)37-27-34(17-18-35(37)45(60)68-49)70(63)65-23-10-9-19-56-46(61)50(52,53)54;1-22(48)11-12-24-20-30-35(31(42)33(24)55-38(51)39(2,3)4)54-34-27-10-8-17-47-16-7-9-23(32(27)47)19-29(34)40(30)28-21-25(13-14-26(28)36(49)56-40)57(52)53-18-6-5-15-46-37(50)41(43,44)45/h17-18,25-27,29-30H,9-16,19-24,28H2,1-7H3;13-14,19-21H,5-12,15-18H2,1-4H3/p+2. The lowest BCUT2D eigenvalue weighted by Crippen LogP contribution is -2.38. The van der Waals surface area contributed by atoms with Crippen molar-refractivity contribution < 1.29 is 116 Å². The number of halogens is 8. The third-order valence-electron chi connectivity index (χ3n) is 23.2. The van der Waals surface area contributed by atoms with E-state index in [0.29, 0.717) is 68.8 Å². The molecule has 2 N–H and O–H groups in total. The maximum atomic E-state index is 14.3. The number of nitrogens with zero attached hydrogens (tertiary/aromatic N) is 4. The minimum absolute atomic E-state index is 0.00530. The van der Waals surface area contributed by atoms with Gasteiger partial charge in [0.2, 0.25) is 17.2 Å². The zero-order valence-corrected chi connectivity index (χ0v) is 76.6. The Bertz CT molecular complexity index is 5480. The molecule has 0 bridgehead atoms. The second-order valence-corrected chi connectivity index (χ2v) is 40.3. The SMILES string of the molecule is CC(=O)CCc1cc2c(c(Cl)c1OC(=O)C(C)(C)C)Oc1c(cc3c4c1CCCN4CCC3)C21OC(=O)c2ccc([P+](=O)OCCCCNC(=O)C(F)(F)F)cc21.[C-]#[N+]CCOP(CC(=O)CCc1cc2c(c(Cl)c1OC(=O)C(C)(C)C)Oc1c(cc3c4c1CCCN4CCC3)C21OC(=O)c2ccc([P+](=O)OCCCCNC(=O)C(F)(F)F)cc21)N(C(C)C)C(C)C. The molecular formula is C91H101Cl2F6N6O19P3+2. The molecule has 0 saturated carbocycles. The molecule has 0 aliphatic carbocycles. The van der Waals surface area contributed by atoms with Crippen LogP contribution in [0.5, 0.6) is 34.5 Å². The molecular weight excluding hydrogens is 1760 g/mol. The van der Waals surface area contributed by atoms with Gasteiger partial charge in [0.1, 0.15) is 61.2 Å². The van der Waals surface area contributed by atoms with Crippen LogP contribution in [-0.4, -0.2) is 148 Å². The Hall–Kier alpha value is -9.20. The van der Waals surface area contributed by atoms with Gasteiger partial charge >= 0.3 is 64.1 Å². The molecule has 127 heavy (non-hydrogen) atoms. The fourth-order valence-electron chi connectivity index (χ4n) is 17.4. The van der Waals surface area contributed by atoms with Crippen LogP contribution in [0.1, 0.15) is 228 Å².